The van der Waals surface area contributed by atoms with Gasteiger partial charge in [-0.1, -0.05) is 7.43 Å². The highest BCUT2D eigenvalue weighted by Crippen LogP contribution is 0.144. The molecule has 3 heteroatoms. The summed E-state index contributed by atoms with van der Waals surface area (Å²) in [4.78, 5) is 0. The number of hydrogen-bond acceptors (Lipinski definition) is 1. The van der Waals surface area contributed by atoms with Crippen LogP contribution in [0.3, 0.4) is 0 Å². The van der Waals surface area contributed by atoms with Gasteiger partial charge >= 0.3 is 0 Å². The summed E-state index contributed by atoms with van der Waals surface area (Å²) in [6.45, 7) is 0. The average molecular weight is 76.0 g/mol. The minimum Gasteiger partial charge on any atom is -0.344 e. The first-order chi connectivity index (χ1) is 0. The van der Waals surface area contributed by atoms with Gasteiger partial charge in [-0.15, -0.1) is 0 Å². The molecule has 0 aliphatic carbocycles. The topological polar surface area (TPSA) is 35.0 Å². The minimum atomic E-state index is 0. The van der Waals surface area contributed by atoms with Crippen molar-refractivity contribution >= 4 is 19.4 Å². The summed E-state index contributed by atoms with van der Waals surface area (Å²) in [6.07, 6.45) is 0. The van der Waals surface area contributed by atoms with Crippen LogP contribution in [0.5, 0.6) is 0 Å². The molecule has 3 radical (unpaired) electrons. The lowest BCUT2D eigenvalue weighted by atomic mass is 10.8. The van der Waals surface area contributed by atoms with Gasteiger partial charge in [-0.25, -0.2) is 0 Å². The van der Waals surface area contributed by atoms with Crippen molar-refractivity contribution in [1.29, 1.82) is 0 Å². The van der Waals surface area contributed by atoms with E-state index in [0.717, 1.165) is 0 Å². The monoisotopic (exact) mass is 76.1 g/mol. The zero-order chi connectivity index (χ0) is 0. The van der Waals surface area contributed by atoms with Gasteiger partial charge in [-0.3, -0.25) is 0 Å². The van der Waals surface area contributed by atoms with Gasteiger partial charge in [0.1, 0.15) is 0 Å². The molecule has 0 unspecified atom stereocenters. The second-order valence-electron chi connectivity index (χ2n) is 0. The van der Waals surface area contributed by atoms with Crippen LogP contribution in [0.4, 0.5) is 0 Å². The molecule has 27 valence electrons. The lowest BCUT2D eigenvalue weighted by molar-refractivity contribution is 2.13. The Hall–Kier alpha value is 0.242. The zero-order valence-corrected chi connectivity index (χ0v) is 1.28. The lowest BCUT2D eigenvalue weighted by Crippen LogP contribution is -0.481. The summed E-state index contributed by atoms with van der Waals surface area (Å²) >= 11 is 0. The maximum atomic E-state index is 0. The Bertz CT molecular complexity index is 8.00. The first-order valence-electron chi connectivity index (χ1n) is 0. The second-order valence-corrected chi connectivity index (χ2v) is 0. The van der Waals surface area contributed by atoms with Crippen LogP contribution in [0.2, 0.25) is 0 Å². The van der Waals surface area contributed by atoms with E-state index < -0.39 is 0 Å². The Labute approximate surface area is 34.0 Å². The largest absolute Gasteiger partial charge is 0.344 e. The van der Waals surface area contributed by atoms with Crippen LogP contribution < -0.4 is 6.15 Å². The van der Waals surface area contributed by atoms with Crippen LogP contribution in [-0.4, -0.2) is 19.4 Å². The number of hydrogen-bond donors (Lipinski definition) is 1. The molecule has 0 spiro atoms. The van der Waals surface area contributed by atoms with E-state index in [4.69, 9.17) is 0 Å². The Morgan fingerprint density at radius 3 is 1.00 bits per heavy atom. The van der Waals surface area contributed by atoms with E-state index in [1.165, 1.54) is 0 Å². The van der Waals surface area contributed by atoms with Gasteiger partial charge in [0.15, 0.2) is 0 Å². The van der Waals surface area contributed by atoms with E-state index in [1.807, 2.05) is 0 Å². The maximum Gasteiger partial charge on any atom is 0 e. The fourth-order valence-electron chi connectivity index (χ4n) is 0. The van der Waals surface area contributed by atoms with Crippen molar-refractivity contribution in [3.8, 4) is 0 Å². The van der Waals surface area contributed by atoms with Crippen molar-refractivity contribution in [3.63, 3.8) is 0 Å². The summed E-state index contributed by atoms with van der Waals surface area (Å²) in [5.41, 5.74) is 0. The smallest absolute Gasteiger partial charge is 0 e. The van der Waals surface area contributed by atoms with Gasteiger partial charge in [-0.2, -0.15) is 0 Å². The van der Waals surface area contributed by atoms with Crippen molar-refractivity contribution in [3.05, 3.63) is 0 Å². The highest BCUT2D eigenvalue weighted by molar-refractivity contribution is 5.76. The highest BCUT2D eigenvalue weighted by atomic mass is 28.1. The van der Waals surface area contributed by atoms with Gasteiger partial charge in [0.25, 0.3) is 0 Å². The van der Waals surface area contributed by atoms with E-state index in [2.05, 4.69) is 0 Å². The van der Waals surface area contributed by atoms with Crippen LogP contribution in [0, 0.1) is 0 Å². The van der Waals surface area contributed by atoms with Gasteiger partial charge in [0.2, 0.25) is 0 Å². The average Bonchev–Trinajstić information content (AvgIpc) is 0. The van der Waals surface area contributed by atoms with Crippen LogP contribution in [-0.2, 0) is 0 Å². The van der Waals surface area contributed by atoms with Crippen molar-refractivity contribution in [2.24, 2.45) is 0 Å². The Balaban J connectivity index is 0. The molecule has 0 atom stereocenters. The molecule has 0 bridgehead atoms. The summed E-state index contributed by atoms with van der Waals surface area (Å²) < 4.78 is 0. The van der Waals surface area contributed by atoms with Gasteiger partial charge < -0.3 is 6.15 Å². The van der Waals surface area contributed by atoms with E-state index in [-0.39, 0.29) is 33.0 Å². The molecule has 0 aliphatic heterocycles. The third kappa shape index (κ3) is 59.1. The van der Waals surface area contributed by atoms with Gasteiger partial charge in [0, 0.05) is 8.41 Å². The van der Waals surface area contributed by atoms with Crippen LogP contribution >= 0.6 is 0 Å². The normalized spacial score (nSPS) is 0. The molecular formula is CH11BNSi. The zero-order valence-electron chi connectivity index (χ0n) is 1.28. The fraction of sp³-hybridized carbons (Fsp3) is 1.00. The SMILES string of the molecule is C.N.[B].[SiH4]. The molecule has 4 heavy (non-hydrogen) atoms. The van der Waals surface area contributed by atoms with Crippen LogP contribution in [0.15, 0.2) is 0 Å². The van der Waals surface area contributed by atoms with Crippen molar-refractivity contribution in [2.45, 2.75) is 7.43 Å². The maximum absolute atomic E-state index is 0. The lowest BCUT2D eigenvalue weighted by Gasteiger charge is -0.344. The molecule has 0 aromatic rings. The van der Waals surface area contributed by atoms with Crippen LogP contribution in [0.1, 0.15) is 7.43 Å². The molecule has 0 heterocycles. The fourth-order valence-corrected chi connectivity index (χ4v) is 0. The molecule has 0 rings (SSSR count). The first kappa shape index (κ1) is 762. The molecule has 0 amide bonds. The van der Waals surface area contributed by atoms with E-state index in [1.54, 1.807) is 0 Å². The molecule has 0 aromatic heterocycles. The van der Waals surface area contributed by atoms with Gasteiger partial charge in [-0.05, 0) is 11.0 Å². The predicted molar refractivity (Wildman–Crippen MR) is 28.8 cm³/mol. The van der Waals surface area contributed by atoms with E-state index in [9.17, 15) is 0 Å². The van der Waals surface area contributed by atoms with E-state index >= 15 is 0 Å². The van der Waals surface area contributed by atoms with Gasteiger partial charge in [0.05, 0.1) is 0 Å². The summed E-state index contributed by atoms with van der Waals surface area (Å²) in [5, 5.41) is 0. The van der Waals surface area contributed by atoms with Crippen LogP contribution in [0.25, 0.3) is 0 Å². The third-order valence-corrected chi connectivity index (χ3v) is 0. The Morgan fingerprint density at radius 1 is 1.00 bits per heavy atom. The standard InChI is InChI=1S/CH4.B.H3N.H4Si/h1H4;;1H3;1H4. The molecule has 0 aliphatic rings. The molecule has 0 saturated heterocycles. The molecular weight excluding hydrogens is 64.9 g/mol. The van der Waals surface area contributed by atoms with E-state index in [0.29, 0.717) is 0 Å². The number of rotatable bonds is 0. The summed E-state index contributed by atoms with van der Waals surface area (Å²) in [6, 6.07) is 0. The minimum absolute atomic E-state index is 0. The predicted octanol–water partition coefficient (Wildman–Crippen LogP) is -1.03. The summed E-state index contributed by atoms with van der Waals surface area (Å²) in [7, 11) is 0. The van der Waals surface area contributed by atoms with Crippen molar-refractivity contribution < 1.29 is 0 Å². The van der Waals surface area contributed by atoms with Crippen molar-refractivity contribution in [1.82, 2.24) is 6.15 Å². The Morgan fingerprint density at radius 2 is 1.00 bits per heavy atom. The molecule has 0 fully saturated rings. The highest BCUT2D eigenvalue weighted by Gasteiger charge is 0.0000850. The molecule has 0 saturated carbocycles. The Kier molecular flexibility index (Phi) is 53100. The first-order valence-corrected chi connectivity index (χ1v) is 0. The molecule has 1 nitrogen and oxygen atoms in total. The molecule has 0 aromatic carbocycles. The third-order valence-electron chi connectivity index (χ3n) is 0. The quantitative estimate of drug-likeness (QED) is 0.368. The molecule has 3 N–H and O–H groups in total. The summed E-state index contributed by atoms with van der Waals surface area (Å²) in [5.74, 6) is 0. The second kappa shape index (κ2) is 279. The van der Waals surface area contributed by atoms with Crippen molar-refractivity contribution in [2.75, 3.05) is 0 Å².